The number of hydrogen-bond donors (Lipinski definition) is 0. The number of benzene rings is 1. The van der Waals surface area contributed by atoms with Crippen molar-refractivity contribution in [3.63, 3.8) is 0 Å². The number of aromatic nitrogens is 2. The summed E-state index contributed by atoms with van der Waals surface area (Å²) in [5, 5.41) is 17.5. The van der Waals surface area contributed by atoms with Crippen molar-refractivity contribution in [3.8, 4) is 0 Å². The number of nitrogens with zero attached hydrogens (tertiary/aromatic N) is 4. The lowest BCUT2D eigenvalue weighted by Gasteiger charge is -2.32. The number of anilines is 1. The summed E-state index contributed by atoms with van der Waals surface area (Å²) in [7, 11) is 1.40. The second kappa shape index (κ2) is 18.9. The number of rotatable bonds is 16. The van der Waals surface area contributed by atoms with Gasteiger partial charge < -0.3 is 14.2 Å². The predicted molar refractivity (Wildman–Crippen MR) is 208 cm³/mol. The van der Waals surface area contributed by atoms with E-state index in [0.717, 1.165) is 42.3 Å². The van der Waals surface area contributed by atoms with Gasteiger partial charge in [-0.25, -0.2) is 9.48 Å². The zero-order chi connectivity index (χ0) is 39.4. The number of carbonyl (C=O) groups is 3. The SMILES string of the molecule is C=C/C=C\C=C(/C=C)COC(=O)N(C)c1ccc(C(C(=O)OCC(/C=C\C=C)=C/C)C(=O)c2nn(C3CCCCO3)c3c2CCC(C)(C)C3)c([N+](=O)[O-])c1. The van der Waals surface area contributed by atoms with Crippen molar-refractivity contribution in [3.05, 3.63) is 136 Å². The Morgan fingerprint density at radius 2 is 1.85 bits per heavy atom. The third kappa shape index (κ3) is 10.1. The number of esters is 1. The normalized spacial score (nSPS) is 17.7. The molecule has 2 aliphatic rings. The van der Waals surface area contributed by atoms with Gasteiger partial charge in [-0.1, -0.05) is 88.3 Å². The Kier molecular flexibility index (Phi) is 14.4. The molecule has 2 atom stereocenters. The fourth-order valence-corrected chi connectivity index (χ4v) is 6.40. The number of nitro benzene ring substituents is 1. The number of carbonyl (C=O) groups excluding carboxylic acids is 3. The molecule has 1 amide bonds. The van der Waals surface area contributed by atoms with Crippen LogP contribution >= 0.6 is 0 Å². The van der Waals surface area contributed by atoms with E-state index < -0.39 is 34.4 Å². The molecule has 0 N–H and O–H groups in total. The maximum atomic E-state index is 14.8. The number of amides is 1. The van der Waals surface area contributed by atoms with Gasteiger partial charge in [0.1, 0.15) is 25.1 Å². The first-order valence-corrected chi connectivity index (χ1v) is 18.0. The van der Waals surface area contributed by atoms with Gasteiger partial charge in [0.2, 0.25) is 5.78 Å². The summed E-state index contributed by atoms with van der Waals surface area (Å²) in [4.78, 5) is 55.0. The van der Waals surface area contributed by atoms with E-state index in [1.807, 2.05) is 0 Å². The van der Waals surface area contributed by atoms with Crippen LogP contribution in [0.2, 0.25) is 0 Å². The lowest BCUT2D eigenvalue weighted by molar-refractivity contribution is -0.385. The van der Waals surface area contributed by atoms with Crippen LogP contribution in [-0.2, 0) is 31.8 Å². The Morgan fingerprint density at radius 3 is 2.50 bits per heavy atom. The lowest BCUT2D eigenvalue weighted by Crippen LogP contribution is -2.29. The first kappa shape index (κ1) is 41.1. The van der Waals surface area contributed by atoms with Crippen LogP contribution < -0.4 is 4.90 Å². The van der Waals surface area contributed by atoms with Crippen LogP contribution in [-0.4, -0.2) is 59.4 Å². The highest BCUT2D eigenvalue weighted by atomic mass is 16.6. The first-order chi connectivity index (χ1) is 25.8. The summed E-state index contributed by atoms with van der Waals surface area (Å²) in [6, 6.07) is 3.87. The number of Topliss-reactive ketones (excluding diaryl/α,β-unsaturated/α-hetero) is 1. The molecule has 0 radical (unpaired) electrons. The molecule has 12 heteroatoms. The summed E-state index contributed by atoms with van der Waals surface area (Å²) >= 11 is 0. The summed E-state index contributed by atoms with van der Waals surface area (Å²) < 4.78 is 19.0. The molecule has 2 heterocycles. The van der Waals surface area contributed by atoms with Gasteiger partial charge in [0.15, 0.2) is 5.92 Å². The van der Waals surface area contributed by atoms with Crippen molar-refractivity contribution >= 4 is 29.2 Å². The fraction of sp³-hybridized carbons (Fsp3) is 0.381. The number of nitro groups is 1. The largest absolute Gasteiger partial charge is 0.460 e. The minimum atomic E-state index is -1.74. The van der Waals surface area contributed by atoms with Crippen LogP contribution in [0, 0.1) is 15.5 Å². The molecule has 0 saturated carbocycles. The van der Waals surface area contributed by atoms with E-state index in [-0.39, 0.29) is 41.8 Å². The van der Waals surface area contributed by atoms with Crippen molar-refractivity contribution in [1.29, 1.82) is 0 Å². The van der Waals surface area contributed by atoms with Crippen LogP contribution in [0.4, 0.5) is 16.2 Å². The summed E-state index contributed by atoms with van der Waals surface area (Å²) in [5.74, 6) is -3.43. The van der Waals surface area contributed by atoms with Gasteiger partial charge in [-0.2, -0.15) is 5.10 Å². The average molecular weight is 739 g/mol. The second-order valence-electron chi connectivity index (χ2n) is 13.9. The molecule has 1 saturated heterocycles. The van der Waals surface area contributed by atoms with E-state index in [0.29, 0.717) is 36.2 Å². The summed E-state index contributed by atoms with van der Waals surface area (Å²) in [6.45, 7) is 17.4. The number of fused-ring (bicyclic) bond motifs is 1. The molecule has 1 aliphatic heterocycles. The molecular formula is C42H50N4O8. The first-order valence-electron chi connectivity index (χ1n) is 18.0. The van der Waals surface area contributed by atoms with Crippen LogP contribution in [0.3, 0.4) is 0 Å². The van der Waals surface area contributed by atoms with Crippen molar-refractivity contribution < 1.29 is 33.5 Å². The Hall–Kier alpha value is -5.62. The number of ether oxygens (including phenoxy) is 3. The standard InChI is InChI=1S/C42H50N4O8/c1-8-12-14-18-30(11-4)28-54-41(49)44(7)31-20-21-32(34(25-31)46(50)51)37(40(48)53-27-29(10-3)17-13-9-2)39(47)38-33-22-23-42(5,6)26-35(33)45(43-38)36-19-15-16-24-52-36/h8-14,17-18,20-21,25,36-37H,1-2,4,15-16,19,22-24,26-28H2,3,5-7H3/b14-12-,17-13-,29-10+,30-18+. The van der Waals surface area contributed by atoms with E-state index in [1.165, 1.54) is 25.3 Å². The highest BCUT2D eigenvalue weighted by Gasteiger charge is 2.42. The average Bonchev–Trinajstić information content (AvgIpc) is 3.53. The Bertz CT molecular complexity index is 1890. The van der Waals surface area contributed by atoms with E-state index in [4.69, 9.17) is 19.3 Å². The minimum Gasteiger partial charge on any atom is -0.460 e. The van der Waals surface area contributed by atoms with Gasteiger partial charge in [0.25, 0.3) is 5.69 Å². The van der Waals surface area contributed by atoms with Crippen molar-refractivity contribution in [2.75, 3.05) is 31.8 Å². The Labute approximate surface area is 317 Å². The van der Waals surface area contributed by atoms with E-state index in [1.54, 1.807) is 60.2 Å². The van der Waals surface area contributed by atoms with E-state index in [2.05, 4.69) is 33.6 Å². The fourth-order valence-electron chi connectivity index (χ4n) is 6.40. The topological polar surface area (TPSA) is 143 Å². The van der Waals surface area contributed by atoms with Crippen LogP contribution in [0.15, 0.2) is 104 Å². The molecular weight excluding hydrogens is 688 g/mol. The molecule has 2 unspecified atom stereocenters. The van der Waals surface area contributed by atoms with Crippen molar-refractivity contribution in [1.82, 2.24) is 9.78 Å². The molecule has 1 aromatic carbocycles. The molecule has 2 aromatic rings. The predicted octanol–water partition coefficient (Wildman–Crippen LogP) is 8.63. The molecule has 0 spiro atoms. The van der Waals surface area contributed by atoms with Crippen molar-refractivity contribution in [2.24, 2.45) is 5.41 Å². The van der Waals surface area contributed by atoms with E-state index in [9.17, 15) is 24.5 Å². The Morgan fingerprint density at radius 1 is 1.11 bits per heavy atom. The highest BCUT2D eigenvalue weighted by molar-refractivity contribution is 6.13. The van der Waals surface area contributed by atoms with Gasteiger partial charge >= 0.3 is 12.1 Å². The highest BCUT2D eigenvalue weighted by Crippen LogP contribution is 2.41. The second-order valence-corrected chi connectivity index (χ2v) is 13.9. The summed E-state index contributed by atoms with van der Waals surface area (Å²) in [6.07, 6.45) is 18.3. The van der Waals surface area contributed by atoms with Crippen LogP contribution in [0.1, 0.15) is 85.9 Å². The molecule has 286 valence electrons. The maximum Gasteiger partial charge on any atom is 0.414 e. The van der Waals surface area contributed by atoms with Gasteiger partial charge in [-0.3, -0.25) is 24.6 Å². The third-order valence-corrected chi connectivity index (χ3v) is 9.54. The zero-order valence-corrected chi connectivity index (χ0v) is 31.6. The quantitative estimate of drug-likeness (QED) is 0.0413. The Balaban J connectivity index is 1.77. The monoisotopic (exact) mass is 738 g/mol. The van der Waals surface area contributed by atoms with Crippen LogP contribution in [0.5, 0.6) is 0 Å². The molecule has 4 rings (SSSR count). The molecule has 1 fully saturated rings. The third-order valence-electron chi connectivity index (χ3n) is 9.54. The molecule has 1 aromatic heterocycles. The van der Waals surface area contributed by atoms with Crippen LogP contribution in [0.25, 0.3) is 0 Å². The van der Waals surface area contributed by atoms with Gasteiger partial charge in [0, 0.05) is 31.0 Å². The van der Waals surface area contributed by atoms with Gasteiger partial charge in [-0.05, 0) is 74.1 Å². The van der Waals surface area contributed by atoms with Gasteiger partial charge in [0.05, 0.1) is 16.2 Å². The molecule has 54 heavy (non-hydrogen) atoms. The number of ketones is 1. The summed E-state index contributed by atoms with van der Waals surface area (Å²) in [5.41, 5.74) is 2.20. The minimum absolute atomic E-state index is 0.0617. The lowest BCUT2D eigenvalue weighted by atomic mass is 9.75. The smallest absolute Gasteiger partial charge is 0.414 e. The van der Waals surface area contributed by atoms with E-state index >= 15 is 0 Å². The van der Waals surface area contributed by atoms with Crippen molar-refractivity contribution in [2.45, 2.75) is 71.4 Å². The number of hydrogen-bond acceptors (Lipinski definition) is 9. The zero-order valence-electron chi connectivity index (χ0n) is 31.6. The number of allylic oxidation sites excluding steroid dienone is 7. The van der Waals surface area contributed by atoms with Gasteiger partial charge in [-0.15, -0.1) is 0 Å². The molecule has 1 aliphatic carbocycles. The maximum absolute atomic E-state index is 14.8. The molecule has 0 bridgehead atoms. The molecule has 12 nitrogen and oxygen atoms in total.